The molecule has 0 unspecified atom stereocenters. The maximum atomic E-state index is 12.3. The number of hydrogen-bond acceptors (Lipinski definition) is 8. The average Bonchev–Trinajstić information content (AvgIpc) is 3.41. The number of aryl methyl sites for hydroxylation is 2. The monoisotopic (exact) mass is 407 g/mol. The van der Waals surface area contributed by atoms with E-state index >= 15 is 0 Å². The highest BCUT2D eigenvalue weighted by Gasteiger charge is 2.12. The number of benzene rings is 1. The molecular weight excluding hydrogens is 390 g/mol. The Morgan fingerprint density at radius 1 is 1.21 bits per heavy atom. The van der Waals surface area contributed by atoms with Crippen molar-refractivity contribution in [2.75, 3.05) is 5.32 Å². The van der Waals surface area contributed by atoms with Gasteiger partial charge in [-0.3, -0.25) is 4.79 Å². The van der Waals surface area contributed by atoms with Crippen LogP contribution in [0.2, 0.25) is 0 Å². The van der Waals surface area contributed by atoms with Gasteiger partial charge in [0.1, 0.15) is 5.75 Å². The Kier molecular flexibility index (Phi) is 5.57. The zero-order valence-corrected chi connectivity index (χ0v) is 16.3. The van der Waals surface area contributed by atoms with Crippen LogP contribution in [0, 0.1) is 6.92 Å². The molecule has 8 nitrogen and oxygen atoms in total. The number of aromatic nitrogens is 4. The number of nitrogens with one attached hydrogen (secondary N) is 1. The van der Waals surface area contributed by atoms with E-state index in [1.807, 2.05) is 29.8 Å². The largest absolute Gasteiger partial charge is 0.424 e. The first-order valence-electron chi connectivity index (χ1n) is 8.88. The van der Waals surface area contributed by atoms with E-state index in [4.69, 9.17) is 9.15 Å². The molecule has 4 rings (SSSR count). The first-order valence-corrected chi connectivity index (χ1v) is 9.82. The van der Waals surface area contributed by atoms with Gasteiger partial charge in [0, 0.05) is 41.9 Å². The summed E-state index contributed by atoms with van der Waals surface area (Å²) in [4.78, 5) is 20.3. The van der Waals surface area contributed by atoms with E-state index in [-0.39, 0.29) is 18.3 Å². The zero-order valence-electron chi connectivity index (χ0n) is 15.5. The van der Waals surface area contributed by atoms with Crippen LogP contribution in [0.1, 0.15) is 17.9 Å². The summed E-state index contributed by atoms with van der Waals surface area (Å²) in [5.74, 6) is 1.36. The average molecular weight is 407 g/mol. The van der Waals surface area contributed by atoms with Crippen LogP contribution < -0.4 is 10.1 Å². The second-order valence-corrected chi connectivity index (χ2v) is 6.95. The lowest BCUT2D eigenvalue weighted by Gasteiger charge is -2.10. The fraction of sp³-hybridized carbons (Fsp3) is 0.150. The molecule has 0 aliphatic heterocycles. The number of thiophene rings is 1. The molecule has 0 saturated carbocycles. The lowest BCUT2D eigenvalue weighted by atomic mass is 10.2. The van der Waals surface area contributed by atoms with Crippen molar-refractivity contribution in [3.05, 3.63) is 64.9 Å². The molecule has 0 spiro atoms. The number of carbonyl (C=O) groups is 1. The summed E-state index contributed by atoms with van der Waals surface area (Å²) >= 11 is 1.56. The molecule has 1 N–H and O–H groups in total. The van der Waals surface area contributed by atoms with Crippen molar-refractivity contribution in [2.45, 2.75) is 19.8 Å². The topological polar surface area (TPSA) is 103 Å². The minimum Gasteiger partial charge on any atom is -0.424 e. The first-order chi connectivity index (χ1) is 14.2. The molecule has 3 heterocycles. The molecule has 0 fully saturated rings. The Morgan fingerprint density at radius 3 is 2.83 bits per heavy atom. The maximum absolute atomic E-state index is 12.3. The molecule has 0 bridgehead atoms. The third-order valence-electron chi connectivity index (χ3n) is 4.02. The van der Waals surface area contributed by atoms with Gasteiger partial charge in [0.15, 0.2) is 0 Å². The summed E-state index contributed by atoms with van der Waals surface area (Å²) in [6, 6.07) is 9.25. The number of nitrogens with zero attached hydrogens (tertiary/aromatic N) is 4. The van der Waals surface area contributed by atoms with Gasteiger partial charge in [-0.2, -0.15) is 11.3 Å². The Morgan fingerprint density at radius 2 is 2.07 bits per heavy atom. The predicted octanol–water partition coefficient (Wildman–Crippen LogP) is 4.26. The van der Waals surface area contributed by atoms with Crippen LogP contribution in [0.3, 0.4) is 0 Å². The molecule has 9 heteroatoms. The Labute approximate surface area is 170 Å². The highest BCUT2D eigenvalue weighted by molar-refractivity contribution is 7.08. The van der Waals surface area contributed by atoms with Crippen LogP contribution in [-0.4, -0.2) is 26.1 Å². The van der Waals surface area contributed by atoms with Gasteiger partial charge < -0.3 is 14.5 Å². The van der Waals surface area contributed by atoms with Gasteiger partial charge in [0.25, 0.3) is 0 Å². The van der Waals surface area contributed by atoms with Crippen LogP contribution in [0.25, 0.3) is 11.5 Å². The van der Waals surface area contributed by atoms with Crippen molar-refractivity contribution in [3.8, 4) is 23.2 Å². The standard InChI is InChI=1S/C20H17N5O3S/c1-13-11-15(27-20-21-8-2-9-22-20)3-4-16(13)23-17(26)5-6-18-24-25-19(28-18)14-7-10-29-12-14/h2-4,7-12H,5-6H2,1H3,(H,23,26). The second kappa shape index (κ2) is 8.61. The Bertz CT molecular complexity index is 1100. The van der Waals surface area contributed by atoms with Crippen LogP contribution in [-0.2, 0) is 11.2 Å². The summed E-state index contributed by atoms with van der Waals surface area (Å²) in [5.41, 5.74) is 2.46. The first kappa shape index (κ1) is 18.8. The zero-order chi connectivity index (χ0) is 20.1. The number of rotatable bonds is 7. The van der Waals surface area contributed by atoms with Crippen molar-refractivity contribution in [1.29, 1.82) is 0 Å². The van der Waals surface area contributed by atoms with Gasteiger partial charge in [0.05, 0.1) is 0 Å². The second-order valence-electron chi connectivity index (χ2n) is 6.17. The molecule has 4 aromatic rings. The van der Waals surface area contributed by atoms with Gasteiger partial charge >= 0.3 is 6.01 Å². The van der Waals surface area contributed by atoms with E-state index in [2.05, 4.69) is 25.5 Å². The molecule has 3 aromatic heterocycles. The minimum atomic E-state index is -0.136. The maximum Gasteiger partial charge on any atom is 0.321 e. The van der Waals surface area contributed by atoms with E-state index in [1.54, 1.807) is 41.9 Å². The van der Waals surface area contributed by atoms with Crippen LogP contribution in [0.15, 0.2) is 57.9 Å². The van der Waals surface area contributed by atoms with Crippen molar-refractivity contribution in [2.24, 2.45) is 0 Å². The molecule has 0 saturated heterocycles. The van der Waals surface area contributed by atoms with Crippen molar-refractivity contribution >= 4 is 22.9 Å². The van der Waals surface area contributed by atoms with Crippen LogP contribution >= 0.6 is 11.3 Å². The lowest BCUT2D eigenvalue weighted by molar-refractivity contribution is -0.116. The summed E-state index contributed by atoms with van der Waals surface area (Å²) < 4.78 is 11.2. The molecule has 146 valence electrons. The molecular formula is C20H17N5O3S. The molecule has 1 amide bonds. The SMILES string of the molecule is Cc1cc(Oc2ncccn2)ccc1NC(=O)CCc1nnc(-c2ccsc2)o1. The van der Waals surface area contributed by atoms with E-state index in [1.165, 1.54) is 0 Å². The fourth-order valence-corrected chi connectivity index (χ4v) is 3.20. The summed E-state index contributed by atoms with van der Waals surface area (Å²) in [6.45, 7) is 1.89. The third-order valence-corrected chi connectivity index (χ3v) is 4.71. The summed E-state index contributed by atoms with van der Waals surface area (Å²) in [6.07, 6.45) is 3.82. The molecule has 0 aliphatic carbocycles. The summed E-state index contributed by atoms with van der Waals surface area (Å²) in [5, 5.41) is 14.8. The van der Waals surface area contributed by atoms with E-state index < -0.39 is 0 Å². The fourth-order valence-electron chi connectivity index (χ4n) is 2.57. The number of anilines is 1. The highest BCUT2D eigenvalue weighted by Crippen LogP contribution is 2.24. The van der Waals surface area contributed by atoms with Gasteiger partial charge in [0.2, 0.25) is 17.7 Å². The van der Waals surface area contributed by atoms with Crippen LogP contribution in [0.5, 0.6) is 11.8 Å². The minimum absolute atomic E-state index is 0.136. The number of carbonyl (C=O) groups excluding carboxylic acids is 1. The number of hydrogen-bond donors (Lipinski definition) is 1. The smallest absolute Gasteiger partial charge is 0.321 e. The van der Waals surface area contributed by atoms with Crippen molar-refractivity contribution in [3.63, 3.8) is 0 Å². The highest BCUT2D eigenvalue weighted by atomic mass is 32.1. The molecule has 29 heavy (non-hydrogen) atoms. The van der Waals surface area contributed by atoms with Gasteiger partial charge in [-0.1, -0.05) is 0 Å². The van der Waals surface area contributed by atoms with Gasteiger partial charge in [-0.15, -0.1) is 10.2 Å². The van der Waals surface area contributed by atoms with Gasteiger partial charge in [-0.05, 0) is 48.2 Å². The lowest BCUT2D eigenvalue weighted by Crippen LogP contribution is -2.13. The quantitative estimate of drug-likeness (QED) is 0.488. The van der Waals surface area contributed by atoms with Gasteiger partial charge in [-0.25, -0.2) is 9.97 Å². The third kappa shape index (κ3) is 4.82. The molecule has 1 aromatic carbocycles. The van der Waals surface area contributed by atoms with E-state index in [9.17, 15) is 4.79 Å². The van der Waals surface area contributed by atoms with Crippen LogP contribution in [0.4, 0.5) is 5.69 Å². The molecule has 0 aliphatic rings. The Hall–Kier alpha value is -3.59. The number of ether oxygens (including phenoxy) is 1. The Balaban J connectivity index is 1.32. The van der Waals surface area contributed by atoms with Crippen molar-refractivity contribution < 1.29 is 13.9 Å². The van der Waals surface area contributed by atoms with E-state index in [0.29, 0.717) is 29.6 Å². The van der Waals surface area contributed by atoms with E-state index in [0.717, 1.165) is 11.1 Å². The number of amides is 1. The summed E-state index contributed by atoms with van der Waals surface area (Å²) in [7, 11) is 0. The molecule has 0 radical (unpaired) electrons. The molecule has 0 atom stereocenters. The predicted molar refractivity (Wildman–Crippen MR) is 108 cm³/mol. The van der Waals surface area contributed by atoms with Crippen molar-refractivity contribution in [1.82, 2.24) is 20.2 Å². The normalized spacial score (nSPS) is 10.7.